The number of nitriles is 1. The van der Waals surface area contributed by atoms with Crippen LogP contribution in [0.1, 0.15) is 49.8 Å². The predicted octanol–water partition coefficient (Wildman–Crippen LogP) is 4.44. The second-order valence-electron chi connectivity index (χ2n) is 7.28. The van der Waals surface area contributed by atoms with E-state index < -0.39 is 11.0 Å². The van der Waals surface area contributed by atoms with Gasteiger partial charge in [-0.25, -0.2) is 0 Å². The summed E-state index contributed by atoms with van der Waals surface area (Å²) in [6, 6.07) is 17.6. The minimum absolute atomic E-state index is 0.160. The lowest BCUT2D eigenvalue weighted by Crippen LogP contribution is -2.42. The molecule has 0 radical (unpaired) electrons. The maximum absolute atomic E-state index is 12.3. The molecule has 0 saturated carbocycles. The van der Waals surface area contributed by atoms with Crippen LogP contribution in [0.3, 0.4) is 0 Å². The number of hydrogen-bond acceptors (Lipinski definition) is 4. The predicted molar refractivity (Wildman–Crippen MR) is 98.9 cm³/mol. The maximum atomic E-state index is 12.3. The number of ether oxygens (including phenoxy) is 2. The second-order valence-corrected chi connectivity index (χ2v) is 7.28. The molecule has 2 aromatic rings. The van der Waals surface area contributed by atoms with E-state index in [0.29, 0.717) is 17.2 Å². The summed E-state index contributed by atoms with van der Waals surface area (Å²) in [4.78, 5) is 12.3. The van der Waals surface area contributed by atoms with Gasteiger partial charge in [0.1, 0.15) is 11.8 Å². The molecular weight excluding hydrogens is 326 g/mol. The van der Waals surface area contributed by atoms with Crippen LogP contribution in [0.5, 0.6) is 5.75 Å². The Morgan fingerprint density at radius 1 is 1.08 bits per heavy atom. The van der Waals surface area contributed by atoms with Crippen molar-refractivity contribution in [2.75, 3.05) is 7.11 Å². The highest BCUT2D eigenvalue weighted by molar-refractivity contribution is 5.77. The number of rotatable bonds is 4. The summed E-state index contributed by atoms with van der Waals surface area (Å²) in [5, 5.41) is 10.1. The van der Waals surface area contributed by atoms with Crippen molar-refractivity contribution in [1.82, 2.24) is 0 Å². The zero-order valence-electron chi connectivity index (χ0n) is 15.6. The van der Waals surface area contributed by atoms with Gasteiger partial charge < -0.3 is 9.47 Å². The van der Waals surface area contributed by atoms with Crippen LogP contribution in [0, 0.1) is 11.3 Å². The molecular formula is C22H23NO3. The van der Waals surface area contributed by atoms with E-state index in [4.69, 9.17) is 9.47 Å². The van der Waals surface area contributed by atoms with E-state index in [9.17, 15) is 10.1 Å². The van der Waals surface area contributed by atoms with Gasteiger partial charge in [0, 0.05) is 5.56 Å². The van der Waals surface area contributed by atoms with Gasteiger partial charge in [0.15, 0.2) is 0 Å². The largest absolute Gasteiger partial charge is 0.497 e. The number of nitrogens with zero attached hydrogens (tertiary/aromatic N) is 1. The van der Waals surface area contributed by atoms with Gasteiger partial charge in [-0.1, -0.05) is 50.2 Å². The van der Waals surface area contributed by atoms with Gasteiger partial charge in [0.2, 0.25) is 5.60 Å². The van der Waals surface area contributed by atoms with Crippen LogP contribution in [-0.4, -0.2) is 13.1 Å². The van der Waals surface area contributed by atoms with Crippen molar-refractivity contribution in [2.45, 2.75) is 44.1 Å². The third kappa shape index (κ3) is 2.64. The summed E-state index contributed by atoms with van der Waals surface area (Å²) in [6.07, 6.45) is 0.160. The van der Waals surface area contributed by atoms with E-state index in [-0.39, 0.29) is 12.4 Å². The van der Waals surface area contributed by atoms with Crippen molar-refractivity contribution < 1.29 is 14.3 Å². The van der Waals surface area contributed by atoms with E-state index in [1.807, 2.05) is 19.1 Å². The molecule has 1 heterocycles. The molecule has 1 saturated heterocycles. The zero-order chi connectivity index (χ0) is 18.9. The topological polar surface area (TPSA) is 59.3 Å². The van der Waals surface area contributed by atoms with Crippen LogP contribution >= 0.6 is 0 Å². The van der Waals surface area contributed by atoms with Crippen molar-refractivity contribution in [3.8, 4) is 11.8 Å². The normalized spacial score (nSPS) is 25.0. The average molecular weight is 349 g/mol. The molecule has 0 unspecified atom stereocenters. The zero-order valence-corrected chi connectivity index (χ0v) is 15.6. The minimum Gasteiger partial charge on any atom is -0.497 e. The summed E-state index contributed by atoms with van der Waals surface area (Å²) in [7, 11) is 1.59. The Bertz CT molecular complexity index is 848. The SMILES string of the molecule is COc1ccc([C@]2(C#N)OC(=O)C[C@@]2(C)c2ccc(C(C)C)cc2)cc1. The molecule has 0 amide bonds. The molecule has 0 N–H and O–H groups in total. The number of esters is 1. The number of carbonyl (C=O) groups excluding carboxylic acids is 1. The molecule has 134 valence electrons. The molecule has 2 atom stereocenters. The molecule has 1 aliphatic heterocycles. The highest BCUT2D eigenvalue weighted by atomic mass is 16.6. The molecule has 3 rings (SSSR count). The van der Waals surface area contributed by atoms with Gasteiger partial charge in [-0.05, 0) is 36.1 Å². The van der Waals surface area contributed by atoms with E-state index in [1.165, 1.54) is 5.56 Å². The molecule has 0 aromatic heterocycles. The summed E-state index contributed by atoms with van der Waals surface area (Å²) in [6.45, 7) is 6.20. The van der Waals surface area contributed by atoms with Gasteiger partial charge in [0.05, 0.1) is 18.9 Å². The van der Waals surface area contributed by atoms with Crippen LogP contribution in [0.25, 0.3) is 0 Å². The Kier molecular flexibility index (Phi) is 4.50. The fourth-order valence-electron chi connectivity index (χ4n) is 3.69. The Morgan fingerprint density at radius 3 is 2.15 bits per heavy atom. The second kappa shape index (κ2) is 6.49. The lowest BCUT2D eigenvalue weighted by molar-refractivity contribution is -0.146. The fraction of sp³-hybridized carbons (Fsp3) is 0.364. The first-order chi connectivity index (χ1) is 12.4. The van der Waals surface area contributed by atoms with Crippen molar-refractivity contribution in [3.05, 3.63) is 65.2 Å². The molecule has 0 aliphatic carbocycles. The quantitative estimate of drug-likeness (QED) is 0.766. The standard InChI is InChI=1S/C22H23NO3/c1-15(2)16-5-7-17(8-6-16)21(3)13-20(24)26-22(21,14-23)18-9-11-19(25-4)12-10-18/h5-12,15H,13H2,1-4H3/t21-,22-/m0/s1. The number of hydrogen-bond donors (Lipinski definition) is 0. The van der Waals surface area contributed by atoms with Gasteiger partial charge in [0.25, 0.3) is 0 Å². The number of benzene rings is 2. The third-order valence-corrected chi connectivity index (χ3v) is 5.41. The highest BCUT2D eigenvalue weighted by Gasteiger charge is 2.60. The van der Waals surface area contributed by atoms with Crippen molar-refractivity contribution in [1.29, 1.82) is 5.26 Å². The van der Waals surface area contributed by atoms with Crippen LogP contribution in [0.2, 0.25) is 0 Å². The first-order valence-corrected chi connectivity index (χ1v) is 8.74. The van der Waals surface area contributed by atoms with E-state index in [1.54, 1.807) is 31.4 Å². The van der Waals surface area contributed by atoms with Gasteiger partial charge in [-0.3, -0.25) is 4.79 Å². The van der Waals surface area contributed by atoms with E-state index in [2.05, 4.69) is 32.0 Å². The summed E-state index contributed by atoms with van der Waals surface area (Å²) in [5.41, 5.74) is 0.653. The third-order valence-electron chi connectivity index (χ3n) is 5.41. The first-order valence-electron chi connectivity index (χ1n) is 8.74. The minimum atomic E-state index is -1.37. The molecule has 1 fully saturated rings. The molecule has 0 bridgehead atoms. The van der Waals surface area contributed by atoms with Crippen LogP contribution in [0.15, 0.2) is 48.5 Å². The van der Waals surface area contributed by atoms with Crippen molar-refractivity contribution in [3.63, 3.8) is 0 Å². The van der Waals surface area contributed by atoms with Gasteiger partial charge >= 0.3 is 5.97 Å². The van der Waals surface area contributed by atoms with Crippen molar-refractivity contribution >= 4 is 5.97 Å². The lowest BCUT2D eigenvalue weighted by atomic mass is 9.66. The Morgan fingerprint density at radius 2 is 1.65 bits per heavy atom. The number of cyclic esters (lactones) is 1. The van der Waals surface area contributed by atoms with Gasteiger partial charge in [-0.15, -0.1) is 0 Å². The molecule has 26 heavy (non-hydrogen) atoms. The molecule has 1 aliphatic rings. The molecule has 4 heteroatoms. The fourth-order valence-corrected chi connectivity index (χ4v) is 3.69. The van der Waals surface area contributed by atoms with Crippen LogP contribution in [-0.2, 0) is 20.5 Å². The van der Waals surface area contributed by atoms with E-state index in [0.717, 1.165) is 5.56 Å². The summed E-state index contributed by atoms with van der Waals surface area (Å²) in [5.74, 6) is 0.743. The first kappa shape index (κ1) is 18.0. The monoisotopic (exact) mass is 349 g/mol. The number of methoxy groups -OCH3 is 1. The maximum Gasteiger partial charge on any atom is 0.308 e. The smallest absolute Gasteiger partial charge is 0.308 e. The van der Waals surface area contributed by atoms with E-state index >= 15 is 0 Å². The number of carbonyl (C=O) groups is 1. The summed E-state index contributed by atoms with van der Waals surface area (Å²) >= 11 is 0. The molecule has 2 aromatic carbocycles. The molecule has 4 nitrogen and oxygen atoms in total. The van der Waals surface area contributed by atoms with Crippen LogP contribution < -0.4 is 4.74 Å². The highest BCUT2D eigenvalue weighted by Crippen LogP contribution is 2.52. The van der Waals surface area contributed by atoms with Crippen molar-refractivity contribution in [2.24, 2.45) is 0 Å². The molecule has 0 spiro atoms. The lowest BCUT2D eigenvalue weighted by Gasteiger charge is -2.36. The Labute approximate surface area is 154 Å². The Balaban J connectivity index is 2.13. The summed E-state index contributed by atoms with van der Waals surface area (Å²) < 4.78 is 10.9. The average Bonchev–Trinajstić information content (AvgIpc) is 2.93. The Hall–Kier alpha value is -2.80. The van der Waals surface area contributed by atoms with Crippen LogP contribution in [0.4, 0.5) is 0 Å². The van der Waals surface area contributed by atoms with Gasteiger partial charge in [-0.2, -0.15) is 5.26 Å².